The summed E-state index contributed by atoms with van der Waals surface area (Å²) in [5.74, 6) is -0.424. The van der Waals surface area contributed by atoms with Gasteiger partial charge < -0.3 is 11.1 Å². The summed E-state index contributed by atoms with van der Waals surface area (Å²) >= 11 is 3.07. The van der Waals surface area contributed by atoms with Gasteiger partial charge in [-0.2, -0.15) is 0 Å². The predicted octanol–water partition coefficient (Wildman–Crippen LogP) is 2.25. The van der Waals surface area contributed by atoms with E-state index in [1.165, 1.54) is 18.2 Å². The quantitative estimate of drug-likeness (QED) is 0.133. The Labute approximate surface area is 204 Å². The molecule has 0 radical (unpaired) electrons. The fourth-order valence-electron chi connectivity index (χ4n) is 3.52. The van der Waals surface area contributed by atoms with Crippen LogP contribution in [0.3, 0.4) is 0 Å². The van der Waals surface area contributed by atoms with E-state index in [-0.39, 0.29) is 52.5 Å². The summed E-state index contributed by atoms with van der Waals surface area (Å²) < 4.78 is 45.2. The number of amidine groups is 1. The molecule has 12 nitrogen and oxygen atoms in total. The molecule has 0 aliphatic heterocycles. The molecule has 0 atom stereocenters. The molecule has 0 spiro atoms. The van der Waals surface area contributed by atoms with Crippen LogP contribution < -0.4 is 21.3 Å². The lowest BCUT2D eigenvalue weighted by Gasteiger charge is -2.21. The Hall–Kier alpha value is -2.78. The second-order valence-electron chi connectivity index (χ2n) is 7.71. The number of aliphatic imine (C=N–C) groups is 2. The molecule has 0 amide bonds. The average molecular weight is 561 g/mol. The van der Waals surface area contributed by atoms with Crippen LogP contribution in [0.1, 0.15) is 37.8 Å². The Morgan fingerprint density at radius 3 is 2.76 bits per heavy atom. The number of hydroxylamine groups is 1. The molecule has 186 valence electrons. The van der Waals surface area contributed by atoms with Gasteiger partial charge in [0.1, 0.15) is 5.82 Å². The first-order chi connectivity index (χ1) is 16.3. The van der Waals surface area contributed by atoms with Gasteiger partial charge in [-0.25, -0.2) is 22.4 Å². The first kappa shape index (κ1) is 25.8. The monoisotopic (exact) mass is 560 g/mol. The Morgan fingerprint density at radius 1 is 1.29 bits per heavy atom. The first-order valence-electron chi connectivity index (χ1n) is 10.6. The summed E-state index contributed by atoms with van der Waals surface area (Å²) in [5, 5.41) is 19.8. The van der Waals surface area contributed by atoms with Gasteiger partial charge in [0.25, 0.3) is 0 Å². The van der Waals surface area contributed by atoms with Crippen molar-refractivity contribution < 1.29 is 22.6 Å². The van der Waals surface area contributed by atoms with Crippen LogP contribution in [0.4, 0.5) is 15.9 Å². The molecule has 1 fully saturated rings. The molecular formula is C19H26BrFN8O4S. The van der Waals surface area contributed by atoms with Crippen LogP contribution in [0, 0.1) is 11.7 Å². The first-order valence-corrected chi connectivity index (χ1v) is 13.0. The fraction of sp³-hybridized carbons (Fsp3) is 0.474. The van der Waals surface area contributed by atoms with Crippen LogP contribution >= 0.6 is 15.9 Å². The maximum Gasteiger partial charge on any atom is 0.235 e. The minimum Gasteiger partial charge on any atom is -0.369 e. The number of nitrogens with one attached hydrogen (secondary N) is 3. The topological polar surface area (TPSA) is 180 Å². The number of nitrogens with two attached hydrogens (primary N) is 1. The van der Waals surface area contributed by atoms with E-state index in [0.717, 1.165) is 32.1 Å². The van der Waals surface area contributed by atoms with Gasteiger partial charge >= 0.3 is 0 Å². The summed E-state index contributed by atoms with van der Waals surface area (Å²) in [7, 11) is -3.56. The van der Waals surface area contributed by atoms with Gasteiger partial charge in [0, 0.05) is 6.54 Å². The number of hydrogen-bond acceptors (Lipinski definition) is 9. The minimum atomic E-state index is -3.56. The number of hydrogen-bond donors (Lipinski definition) is 5. The molecule has 3 rings (SSSR count). The number of rotatable bonds is 9. The van der Waals surface area contributed by atoms with E-state index in [1.54, 1.807) is 0 Å². The van der Waals surface area contributed by atoms with Crippen molar-refractivity contribution in [3.8, 4) is 0 Å². The zero-order chi connectivity index (χ0) is 24.6. The molecule has 1 aliphatic rings. The molecule has 2 aromatic rings. The lowest BCUT2D eigenvalue weighted by atomic mass is 9.91. The molecule has 34 heavy (non-hydrogen) atoms. The van der Waals surface area contributed by atoms with Gasteiger partial charge in [0.15, 0.2) is 11.5 Å². The van der Waals surface area contributed by atoms with E-state index in [1.807, 2.05) is 5.48 Å². The van der Waals surface area contributed by atoms with Crippen molar-refractivity contribution in [1.82, 2.24) is 20.5 Å². The minimum absolute atomic E-state index is 0.0380. The van der Waals surface area contributed by atoms with Crippen molar-refractivity contribution in [3.63, 3.8) is 0 Å². The highest BCUT2D eigenvalue weighted by Crippen LogP contribution is 2.25. The summed E-state index contributed by atoms with van der Waals surface area (Å²) in [6.07, 6.45) is 5.06. The van der Waals surface area contributed by atoms with Gasteiger partial charge in [-0.05, 0) is 63.2 Å². The molecule has 6 N–H and O–H groups in total. The number of aromatic nitrogens is 2. The third-order valence-electron chi connectivity index (χ3n) is 5.09. The highest BCUT2D eigenvalue weighted by Gasteiger charge is 2.22. The molecule has 1 heterocycles. The summed E-state index contributed by atoms with van der Waals surface area (Å²) in [5.41, 5.74) is 8.03. The average Bonchev–Trinajstić information content (AvgIpc) is 3.25. The van der Waals surface area contributed by atoms with Crippen LogP contribution in [-0.4, -0.2) is 54.6 Å². The van der Waals surface area contributed by atoms with Crippen molar-refractivity contribution in [3.05, 3.63) is 34.2 Å². The molecular weight excluding hydrogens is 535 g/mol. The third kappa shape index (κ3) is 7.63. The molecule has 0 unspecified atom stereocenters. The highest BCUT2D eigenvalue weighted by molar-refractivity contribution is 9.10. The van der Waals surface area contributed by atoms with Gasteiger partial charge in [-0.3, -0.25) is 20.4 Å². The second kappa shape index (κ2) is 12.1. The molecule has 1 aromatic carbocycles. The maximum atomic E-state index is 13.4. The number of guanidine groups is 1. The van der Waals surface area contributed by atoms with Crippen LogP contribution in [0.2, 0.25) is 0 Å². The van der Waals surface area contributed by atoms with Gasteiger partial charge in [-0.1, -0.05) is 19.3 Å². The molecule has 1 aliphatic carbocycles. The molecule has 0 bridgehead atoms. The number of sulfonamides is 1. The van der Waals surface area contributed by atoms with Gasteiger partial charge in [-0.15, -0.1) is 0 Å². The van der Waals surface area contributed by atoms with E-state index < -0.39 is 15.8 Å². The van der Waals surface area contributed by atoms with Crippen molar-refractivity contribution >= 4 is 49.3 Å². The maximum absolute atomic E-state index is 13.4. The van der Waals surface area contributed by atoms with Crippen LogP contribution in [0.15, 0.2) is 37.3 Å². The summed E-state index contributed by atoms with van der Waals surface area (Å²) in [6.45, 7) is 0.321. The number of nitrogens with zero attached hydrogens (tertiary/aromatic N) is 4. The van der Waals surface area contributed by atoms with Gasteiger partial charge in [0.05, 0.1) is 22.5 Å². The SMILES string of the molecule is NC(=NCCNc1nonc1C(=Nc1ccc(F)c(Br)c1)NO)NS(=O)(=O)CC1CCCCC1. The normalized spacial score (nSPS) is 15.9. The smallest absolute Gasteiger partial charge is 0.235 e. The Kier molecular flexibility index (Phi) is 9.18. The standard InChI is InChI=1S/C19H26BrFN8O4S/c20-14-10-13(6-7-15(14)21)25-18(26-30)16-17(28-33-27-16)23-8-9-24-19(22)29-34(31,32)11-12-4-2-1-3-5-12/h6-7,10,12,30H,1-5,8-9,11H2,(H,23,28)(H,25,26)(H3,22,24,29). The molecule has 1 aromatic heterocycles. The van der Waals surface area contributed by atoms with Crippen molar-refractivity contribution in [1.29, 1.82) is 0 Å². The summed E-state index contributed by atoms with van der Waals surface area (Å²) in [6, 6.07) is 4.04. The number of anilines is 1. The van der Waals surface area contributed by atoms with Crippen LogP contribution in [0.25, 0.3) is 0 Å². The van der Waals surface area contributed by atoms with Crippen LogP contribution in [-0.2, 0) is 10.0 Å². The zero-order valence-corrected chi connectivity index (χ0v) is 20.6. The van der Waals surface area contributed by atoms with Crippen LogP contribution in [0.5, 0.6) is 0 Å². The lowest BCUT2D eigenvalue weighted by molar-refractivity contribution is 0.234. The van der Waals surface area contributed by atoms with Crippen molar-refractivity contribution in [2.75, 3.05) is 24.2 Å². The third-order valence-corrected chi connectivity index (χ3v) is 7.13. The Morgan fingerprint density at radius 2 is 2.06 bits per heavy atom. The Bertz CT molecular complexity index is 1140. The zero-order valence-electron chi connectivity index (χ0n) is 18.2. The molecule has 1 saturated carbocycles. The fourth-order valence-corrected chi connectivity index (χ4v) is 5.31. The molecule has 15 heteroatoms. The largest absolute Gasteiger partial charge is 0.369 e. The van der Waals surface area contributed by atoms with Crippen molar-refractivity contribution in [2.45, 2.75) is 32.1 Å². The van der Waals surface area contributed by atoms with E-state index in [0.29, 0.717) is 5.69 Å². The number of benzene rings is 1. The predicted molar refractivity (Wildman–Crippen MR) is 128 cm³/mol. The number of halogens is 2. The Balaban J connectivity index is 1.55. The van der Waals surface area contributed by atoms with E-state index >= 15 is 0 Å². The van der Waals surface area contributed by atoms with E-state index in [2.05, 4.69) is 46.3 Å². The van der Waals surface area contributed by atoms with Gasteiger partial charge in [0.2, 0.25) is 21.8 Å². The second-order valence-corrected chi connectivity index (χ2v) is 10.3. The summed E-state index contributed by atoms with van der Waals surface area (Å²) in [4.78, 5) is 8.17. The van der Waals surface area contributed by atoms with E-state index in [4.69, 9.17) is 10.4 Å². The highest BCUT2D eigenvalue weighted by atomic mass is 79.9. The molecule has 0 saturated heterocycles. The van der Waals surface area contributed by atoms with E-state index in [9.17, 15) is 18.0 Å². The lowest BCUT2D eigenvalue weighted by Crippen LogP contribution is -2.40. The van der Waals surface area contributed by atoms with Crippen molar-refractivity contribution in [2.24, 2.45) is 21.6 Å².